The molecule has 96 valence electrons. The highest BCUT2D eigenvalue weighted by molar-refractivity contribution is 6.30. The Morgan fingerprint density at radius 1 is 1.26 bits per heavy atom. The molecule has 0 saturated heterocycles. The molecule has 2 rings (SSSR count). The molecule has 0 fully saturated rings. The van der Waals surface area contributed by atoms with Gasteiger partial charge in [0.15, 0.2) is 0 Å². The Labute approximate surface area is 115 Å². The summed E-state index contributed by atoms with van der Waals surface area (Å²) in [7, 11) is 0. The zero-order chi connectivity index (χ0) is 13.8. The number of hydrogen-bond donors (Lipinski definition) is 1. The molecule has 0 aromatic heterocycles. The summed E-state index contributed by atoms with van der Waals surface area (Å²) in [6.07, 6.45) is -0.440. The van der Waals surface area contributed by atoms with E-state index in [1.807, 2.05) is 6.07 Å². The molecule has 0 bridgehead atoms. The summed E-state index contributed by atoms with van der Waals surface area (Å²) in [6, 6.07) is 13.1. The van der Waals surface area contributed by atoms with Crippen molar-refractivity contribution < 1.29 is 9.50 Å². The van der Waals surface area contributed by atoms with Crippen molar-refractivity contribution in [1.29, 1.82) is 5.26 Å². The fourth-order valence-corrected chi connectivity index (χ4v) is 2.03. The number of aliphatic hydroxyl groups is 1. The van der Waals surface area contributed by atoms with Crippen molar-refractivity contribution in [1.82, 2.24) is 0 Å². The maximum absolute atomic E-state index is 13.0. The van der Waals surface area contributed by atoms with E-state index in [0.29, 0.717) is 17.5 Å². The predicted octanol–water partition coefficient (Wildman–Crippen LogP) is 3.63. The van der Waals surface area contributed by atoms with Gasteiger partial charge in [0.1, 0.15) is 5.82 Å². The molecule has 0 saturated carbocycles. The second-order valence-corrected chi connectivity index (χ2v) is 4.61. The van der Waals surface area contributed by atoms with Crippen molar-refractivity contribution >= 4 is 11.6 Å². The smallest absolute Gasteiger partial charge is 0.141 e. The molecule has 1 N–H and O–H groups in total. The highest BCUT2D eigenvalue weighted by Gasteiger charge is 2.10. The van der Waals surface area contributed by atoms with Crippen LogP contribution in [0, 0.1) is 17.1 Å². The maximum atomic E-state index is 13.0. The first-order valence-electron chi connectivity index (χ1n) is 5.72. The van der Waals surface area contributed by atoms with Gasteiger partial charge in [-0.25, -0.2) is 4.39 Å². The molecule has 1 atom stereocenters. The van der Waals surface area contributed by atoms with E-state index in [1.54, 1.807) is 30.3 Å². The van der Waals surface area contributed by atoms with Crippen LogP contribution >= 0.6 is 11.6 Å². The zero-order valence-electron chi connectivity index (χ0n) is 9.98. The summed E-state index contributed by atoms with van der Waals surface area (Å²) in [5.41, 5.74) is 1.88. The topological polar surface area (TPSA) is 44.0 Å². The minimum absolute atomic E-state index is 0.0375. The average molecular weight is 276 g/mol. The lowest BCUT2D eigenvalue weighted by atomic mass is 10.00. The molecule has 2 nitrogen and oxygen atoms in total. The molecule has 2 aromatic rings. The molecule has 0 spiro atoms. The Bertz CT molecular complexity index is 636. The van der Waals surface area contributed by atoms with E-state index in [4.69, 9.17) is 16.9 Å². The van der Waals surface area contributed by atoms with E-state index >= 15 is 0 Å². The number of aliphatic hydroxyl groups excluding tert-OH is 1. The van der Waals surface area contributed by atoms with Crippen LogP contribution in [0.25, 0.3) is 0 Å². The first-order valence-corrected chi connectivity index (χ1v) is 6.10. The molecule has 19 heavy (non-hydrogen) atoms. The van der Waals surface area contributed by atoms with Gasteiger partial charge in [0, 0.05) is 6.42 Å². The molecule has 0 heterocycles. The van der Waals surface area contributed by atoms with Crippen molar-refractivity contribution in [3.05, 3.63) is 70.0 Å². The summed E-state index contributed by atoms with van der Waals surface area (Å²) in [6.45, 7) is 0. The summed E-state index contributed by atoms with van der Waals surface area (Å²) in [4.78, 5) is 0. The number of nitrogens with zero attached hydrogens (tertiary/aromatic N) is 1. The first kappa shape index (κ1) is 13.5. The molecule has 0 aliphatic heterocycles. The third-order valence-electron chi connectivity index (χ3n) is 2.81. The first-order chi connectivity index (χ1) is 9.10. The monoisotopic (exact) mass is 275 g/mol. The van der Waals surface area contributed by atoms with Crippen molar-refractivity contribution in [2.24, 2.45) is 0 Å². The Balaban J connectivity index is 2.18. The van der Waals surface area contributed by atoms with Crippen LogP contribution in [0.5, 0.6) is 0 Å². The lowest BCUT2D eigenvalue weighted by Crippen LogP contribution is -2.02. The number of rotatable bonds is 3. The molecule has 0 amide bonds. The fraction of sp³-hybridized carbons (Fsp3) is 0.133. The Hall–Kier alpha value is -1.89. The van der Waals surface area contributed by atoms with Crippen LogP contribution in [-0.2, 0) is 6.42 Å². The number of benzene rings is 2. The van der Waals surface area contributed by atoms with Gasteiger partial charge in [-0.3, -0.25) is 0 Å². The van der Waals surface area contributed by atoms with Gasteiger partial charge in [0.25, 0.3) is 0 Å². The summed E-state index contributed by atoms with van der Waals surface area (Å²) in [5.74, 6) is -0.480. The van der Waals surface area contributed by atoms with Gasteiger partial charge < -0.3 is 5.11 Å². The van der Waals surface area contributed by atoms with Crippen molar-refractivity contribution in [2.45, 2.75) is 12.5 Å². The SMILES string of the molecule is N#Cc1cccc(C(O)Cc2ccc(F)c(Cl)c2)c1. The van der Waals surface area contributed by atoms with Crippen LogP contribution in [-0.4, -0.2) is 5.11 Å². The Kier molecular flexibility index (Phi) is 4.16. The van der Waals surface area contributed by atoms with Gasteiger partial charge in [0.05, 0.1) is 22.8 Å². The second-order valence-electron chi connectivity index (χ2n) is 4.21. The van der Waals surface area contributed by atoms with E-state index in [1.165, 1.54) is 12.1 Å². The van der Waals surface area contributed by atoms with Gasteiger partial charge in [-0.15, -0.1) is 0 Å². The van der Waals surface area contributed by atoms with E-state index in [2.05, 4.69) is 0 Å². The summed E-state index contributed by atoms with van der Waals surface area (Å²) < 4.78 is 13.0. The molecule has 2 aromatic carbocycles. The van der Waals surface area contributed by atoms with Crippen LogP contribution in [0.15, 0.2) is 42.5 Å². The quantitative estimate of drug-likeness (QED) is 0.930. The van der Waals surface area contributed by atoms with Crippen LogP contribution in [0.1, 0.15) is 22.8 Å². The van der Waals surface area contributed by atoms with Crippen molar-refractivity contribution in [2.75, 3.05) is 0 Å². The third-order valence-corrected chi connectivity index (χ3v) is 3.10. The minimum Gasteiger partial charge on any atom is -0.388 e. The van der Waals surface area contributed by atoms with Gasteiger partial charge in [-0.1, -0.05) is 29.8 Å². The van der Waals surface area contributed by atoms with Gasteiger partial charge >= 0.3 is 0 Å². The lowest BCUT2D eigenvalue weighted by Gasteiger charge is -2.11. The van der Waals surface area contributed by atoms with E-state index in [9.17, 15) is 9.50 Å². The van der Waals surface area contributed by atoms with Crippen molar-refractivity contribution in [3.63, 3.8) is 0 Å². The fourth-order valence-electron chi connectivity index (χ4n) is 1.82. The van der Waals surface area contributed by atoms with Gasteiger partial charge in [0.2, 0.25) is 0 Å². The van der Waals surface area contributed by atoms with Crippen LogP contribution in [0.2, 0.25) is 5.02 Å². The van der Waals surface area contributed by atoms with E-state index < -0.39 is 11.9 Å². The second kappa shape index (κ2) is 5.83. The number of nitriles is 1. The standard InChI is InChI=1S/C15H11ClFNO/c16-13-7-10(4-5-14(13)17)8-15(19)12-3-1-2-11(6-12)9-18/h1-7,15,19H,8H2. The third kappa shape index (κ3) is 3.31. The molecule has 1 unspecified atom stereocenters. The molecule has 0 aliphatic rings. The highest BCUT2D eigenvalue weighted by atomic mass is 35.5. The average Bonchev–Trinajstić information content (AvgIpc) is 2.43. The largest absolute Gasteiger partial charge is 0.388 e. The van der Waals surface area contributed by atoms with Crippen molar-refractivity contribution in [3.8, 4) is 6.07 Å². The normalized spacial score (nSPS) is 11.9. The van der Waals surface area contributed by atoms with Gasteiger partial charge in [-0.2, -0.15) is 5.26 Å². The minimum atomic E-state index is -0.755. The molecule has 4 heteroatoms. The highest BCUT2D eigenvalue weighted by Crippen LogP contribution is 2.22. The van der Waals surface area contributed by atoms with Crippen LogP contribution < -0.4 is 0 Å². The van der Waals surface area contributed by atoms with E-state index in [-0.39, 0.29) is 5.02 Å². The lowest BCUT2D eigenvalue weighted by molar-refractivity contribution is 0.178. The summed E-state index contributed by atoms with van der Waals surface area (Å²) in [5, 5.41) is 19.0. The van der Waals surface area contributed by atoms with Crippen LogP contribution in [0.4, 0.5) is 4.39 Å². The number of hydrogen-bond acceptors (Lipinski definition) is 2. The van der Waals surface area contributed by atoms with Crippen LogP contribution in [0.3, 0.4) is 0 Å². The molecular weight excluding hydrogens is 265 g/mol. The number of halogens is 2. The van der Waals surface area contributed by atoms with E-state index in [0.717, 1.165) is 5.56 Å². The Morgan fingerprint density at radius 2 is 2.05 bits per heavy atom. The molecular formula is C15H11ClFNO. The molecule has 0 radical (unpaired) electrons. The van der Waals surface area contributed by atoms with Gasteiger partial charge in [-0.05, 0) is 35.4 Å². The predicted molar refractivity (Wildman–Crippen MR) is 71.2 cm³/mol. The zero-order valence-corrected chi connectivity index (χ0v) is 10.7. The molecule has 0 aliphatic carbocycles. The maximum Gasteiger partial charge on any atom is 0.141 e. The summed E-state index contributed by atoms with van der Waals surface area (Å²) >= 11 is 5.69. The Morgan fingerprint density at radius 3 is 2.74 bits per heavy atom.